The lowest BCUT2D eigenvalue weighted by Gasteiger charge is -2.38. The van der Waals surface area contributed by atoms with Crippen LogP contribution in [0.3, 0.4) is 0 Å². The molecule has 1 aromatic rings. The Bertz CT molecular complexity index is 532. The number of nitrogens with two attached hydrogens (primary N) is 1. The number of carbonyl (C=O) groups excluding carboxylic acids is 1. The molecule has 1 atom stereocenters. The number of piperazine rings is 1. The van der Waals surface area contributed by atoms with Gasteiger partial charge in [-0.15, -0.1) is 23.7 Å². The lowest BCUT2D eigenvalue weighted by atomic mass is 10.0. The Hall–Kier alpha value is -0.890. The van der Waals surface area contributed by atoms with Crippen molar-refractivity contribution >= 4 is 34.8 Å². The van der Waals surface area contributed by atoms with Gasteiger partial charge in [0, 0.05) is 56.4 Å². The van der Waals surface area contributed by atoms with E-state index < -0.39 is 0 Å². The van der Waals surface area contributed by atoms with Crippen molar-refractivity contribution in [3.63, 3.8) is 0 Å². The number of anilines is 1. The van der Waals surface area contributed by atoms with Crippen molar-refractivity contribution in [2.75, 3.05) is 45.0 Å². The molecule has 6 nitrogen and oxygen atoms in total. The average Bonchev–Trinajstić information content (AvgIpc) is 2.95. The molecule has 0 aliphatic carbocycles. The van der Waals surface area contributed by atoms with Crippen LogP contribution in [-0.2, 0) is 11.3 Å². The molecule has 0 saturated carbocycles. The van der Waals surface area contributed by atoms with Gasteiger partial charge in [0.15, 0.2) is 5.13 Å². The monoisotopic (exact) mass is 373 g/mol. The number of nitrogen functional groups attached to an aromatic ring is 1. The number of likely N-dealkylation sites (tertiary alicyclic amines) is 1. The fourth-order valence-electron chi connectivity index (χ4n) is 3.47. The van der Waals surface area contributed by atoms with Crippen molar-refractivity contribution in [2.45, 2.75) is 38.8 Å². The zero-order chi connectivity index (χ0) is 16.2. The fourth-order valence-corrected chi connectivity index (χ4v) is 4.20. The van der Waals surface area contributed by atoms with Crippen LogP contribution in [0.4, 0.5) is 5.13 Å². The Balaban J connectivity index is 0.00000208. The Labute approximate surface area is 154 Å². The van der Waals surface area contributed by atoms with Crippen LogP contribution in [0, 0.1) is 0 Å². The summed E-state index contributed by atoms with van der Waals surface area (Å²) >= 11 is 1.56. The highest BCUT2D eigenvalue weighted by atomic mass is 35.5. The quantitative estimate of drug-likeness (QED) is 0.869. The molecule has 136 valence electrons. The minimum absolute atomic E-state index is 0. The first kappa shape index (κ1) is 19.4. The molecule has 2 aliphatic heterocycles. The zero-order valence-corrected chi connectivity index (χ0v) is 15.9. The van der Waals surface area contributed by atoms with Gasteiger partial charge in [0.1, 0.15) is 0 Å². The standard InChI is InChI=1S/C16H27N5OS.ClH/c1-13-4-2-3-5-21(13)15(22)12-20-8-6-19(7-9-20)11-14-10-18-16(17)23-14;/h10,13H,2-9,11-12H2,1H3,(H2,17,18);1H. The molecule has 0 spiro atoms. The summed E-state index contributed by atoms with van der Waals surface area (Å²) in [6.07, 6.45) is 5.43. The van der Waals surface area contributed by atoms with Gasteiger partial charge >= 0.3 is 0 Å². The first-order chi connectivity index (χ1) is 11.1. The number of hydrogen-bond donors (Lipinski definition) is 1. The lowest BCUT2D eigenvalue weighted by Crippen LogP contribution is -2.51. The van der Waals surface area contributed by atoms with Gasteiger partial charge in [0.25, 0.3) is 0 Å². The highest BCUT2D eigenvalue weighted by Gasteiger charge is 2.26. The molecular weight excluding hydrogens is 346 g/mol. The van der Waals surface area contributed by atoms with Crippen LogP contribution in [0.2, 0.25) is 0 Å². The van der Waals surface area contributed by atoms with Gasteiger partial charge in [-0.05, 0) is 26.2 Å². The third-order valence-electron chi connectivity index (χ3n) is 4.90. The van der Waals surface area contributed by atoms with Crippen LogP contribution < -0.4 is 5.73 Å². The molecule has 24 heavy (non-hydrogen) atoms. The summed E-state index contributed by atoms with van der Waals surface area (Å²) in [5.41, 5.74) is 5.68. The number of thiazole rings is 1. The van der Waals surface area contributed by atoms with E-state index >= 15 is 0 Å². The number of rotatable bonds is 4. The Kier molecular flexibility index (Phi) is 7.28. The van der Waals surface area contributed by atoms with Gasteiger partial charge in [-0.3, -0.25) is 14.6 Å². The molecule has 1 aromatic heterocycles. The third kappa shape index (κ3) is 5.05. The predicted octanol–water partition coefficient (Wildman–Crippen LogP) is 1.67. The van der Waals surface area contributed by atoms with E-state index in [1.165, 1.54) is 11.3 Å². The first-order valence-electron chi connectivity index (χ1n) is 8.56. The maximum absolute atomic E-state index is 12.5. The largest absolute Gasteiger partial charge is 0.375 e. The number of aromatic nitrogens is 1. The molecule has 0 aromatic carbocycles. The SMILES string of the molecule is CC1CCCCN1C(=O)CN1CCN(Cc2cnc(N)s2)CC1.Cl. The smallest absolute Gasteiger partial charge is 0.236 e. The molecule has 0 radical (unpaired) electrons. The molecule has 1 unspecified atom stereocenters. The molecule has 3 rings (SSSR count). The molecule has 2 N–H and O–H groups in total. The van der Waals surface area contributed by atoms with Crippen LogP contribution in [0.25, 0.3) is 0 Å². The number of halogens is 1. The molecule has 2 fully saturated rings. The van der Waals surface area contributed by atoms with Crippen molar-refractivity contribution in [1.29, 1.82) is 0 Å². The first-order valence-corrected chi connectivity index (χ1v) is 9.38. The Morgan fingerprint density at radius 3 is 2.58 bits per heavy atom. The summed E-state index contributed by atoms with van der Waals surface area (Å²) in [5.74, 6) is 0.306. The number of hydrogen-bond acceptors (Lipinski definition) is 6. The minimum atomic E-state index is 0. The molecule has 0 bridgehead atoms. The van der Waals surface area contributed by atoms with Gasteiger partial charge < -0.3 is 10.6 Å². The molecule has 8 heteroatoms. The van der Waals surface area contributed by atoms with Gasteiger partial charge in [0.05, 0.1) is 6.54 Å². The summed E-state index contributed by atoms with van der Waals surface area (Å²) < 4.78 is 0. The van der Waals surface area contributed by atoms with E-state index in [2.05, 4.69) is 26.6 Å². The normalized spacial score (nSPS) is 23.0. The summed E-state index contributed by atoms with van der Waals surface area (Å²) in [4.78, 5) is 24.6. The topological polar surface area (TPSA) is 65.7 Å². The maximum Gasteiger partial charge on any atom is 0.236 e. The van der Waals surface area contributed by atoms with E-state index in [-0.39, 0.29) is 12.4 Å². The number of nitrogens with zero attached hydrogens (tertiary/aromatic N) is 4. The van der Waals surface area contributed by atoms with Crippen molar-refractivity contribution in [2.24, 2.45) is 0 Å². The highest BCUT2D eigenvalue weighted by Crippen LogP contribution is 2.19. The predicted molar refractivity (Wildman–Crippen MR) is 101 cm³/mol. The van der Waals surface area contributed by atoms with Crippen molar-refractivity contribution < 1.29 is 4.79 Å². The second-order valence-corrected chi connectivity index (χ2v) is 7.80. The Morgan fingerprint density at radius 1 is 1.25 bits per heavy atom. The van der Waals surface area contributed by atoms with Crippen LogP contribution in [-0.4, -0.2) is 70.9 Å². The number of piperidine rings is 1. The molecule has 2 saturated heterocycles. The van der Waals surface area contributed by atoms with Crippen LogP contribution >= 0.6 is 23.7 Å². The Morgan fingerprint density at radius 2 is 1.96 bits per heavy atom. The zero-order valence-electron chi connectivity index (χ0n) is 14.3. The molecular formula is C16H28ClN5OS. The van der Waals surface area contributed by atoms with E-state index in [4.69, 9.17) is 5.73 Å². The molecule has 3 heterocycles. The second kappa shape index (κ2) is 8.99. The summed E-state index contributed by atoms with van der Waals surface area (Å²) in [6, 6.07) is 0.411. The van der Waals surface area contributed by atoms with E-state index in [1.54, 1.807) is 11.3 Å². The van der Waals surface area contributed by atoms with E-state index in [0.29, 0.717) is 23.6 Å². The minimum Gasteiger partial charge on any atom is -0.375 e. The van der Waals surface area contributed by atoms with Gasteiger partial charge in [-0.25, -0.2) is 4.98 Å². The van der Waals surface area contributed by atoms with Crippen molar-refractivity contribution in [3.05, 3.63) is 11.1 Å². The highest BCUT2D eigenvalue weighted by molar-refractivity contribution is 7.15. The van der Waals surface area contributed by atoms with Gasteiger partial charge in [0.2, 0.25) is 5.91 Å². The number of amides is 1. The van der Waals surface area contributed by atoms with Gasteiger partial charge in [-0.2, -0.15) is 0 Å². The maximum atomic E-state index is 12.5. The van der Waals surface area contributed by atoms with Crippen molar-refractivity contribution in [1.82, 2.24) is 19.7 Å². The summed E-state index contributed by atoms with van der Waals surface area (Å²) in [7, 11) is 0. The average molecular weight is 374 g/mol. The summed E-state index contributed by atoms with van der Waals surface area (Å²) in [6.45, 7) is 8.53. The van der Waals surface area contributed by atoms with E-state index in [1.807, 2.05) is 6.20 Å². The van der Waals surface area contributed by atoms with Crippen molar-refractivity contribution in [3.8, 4) is 0 Å². The summed E-state index contributed by atoms with van der Waals surface area (Å²) in [5, 5.41) is 0.639. The van der Waals surface area contributed by atoms with E-state index in [0.717, 1.165) is 52.1 Å². The van der Waals surface area contributed by atoms with Crippen LogP contribution in [0.15, 0.2) is 6.20 Å². The van der Waals surface area contributed by atoms with E-state index in [9.17, 15) is 4.79 Å². The molecule has 2 aliphatic rings. The number of carbonyl (C=O) groups is 1. The fraction of sp³-hybridized carbons (Fsp3) is 0.750. The molecule has 1 amide bonds. The second-order valence-electron chi connectivity index (χ2n) is 6.65. The third-order valence-corrected chi connectivity index (χ3v) is 5.71. The van der Waals surface area contributed by atoms with Crippen LogP contribution in [0.5, 0.6) is 0 Å². The van der Waals surface area contributed by atoms with Crippen LogP contribution in [0.1, 0.15) is 31.1 Å². The lowest BCUT2D eigenvalue weighted by molar-refractivity contribution is -0.136. The van der Waals surface area contributed by atoms with Gasteiger partial charge in [-0.1, -0.05) is 0 Å².